The van der Waals surface area contributed by atoms with Gasteiger partial charge in [0.1, 0.15) is 11.6 Å². The maximum atomic E-state index is 13.8. The molecule has 2 N–H and O–H groups in total. The number of hydrogen-bond acceptors (Lipinski definition) is 4. The number of rotatable bonds is 5. The SMILES string of the molecule is Cc1noc(C)c1CC(=O)Nc1ccccc1NC(=O)c1ccccc1F. The first-order valence-corrected chi connectivity index (χ1v) is 8.32. The van der Waals surface area contributed by atoms with E-state index in [4.69, 9.17) is 4.52 Å². The lowest BCUT2D eigenvalue weighted by Gasteiger charge is -2.12. The van der Waals surface area contributed by atoms with Crippen molar-refractivity contribution in [3.8, 4) is 0 Å². The van der Waals surface area contributed by atoms with Crippen molar-refractivity contribution in [2.24, 2.45) is 0 Å². The lowest BCUT2D eigenvalue weighted by molar-refractivity contribution is -0.115. The third-order valence-electron chi connectivity index (χ3n) is 4.09. The molecule has 3 rings (SSSR count). The molecule has 27 heavy (non-hydrogen) atoms. The van der Waals surface area contributed by atoms with Gasteiger partial charge < -0.3 is 15.2 Å². The molecule has 0 saturated heterocycles. The first-order valence-electron chi connectivity index (χ1n) is 8.32. The Morgan fingerprint density at radius 3 is 2.26 bits per heavy atom. The minimum atomic E-state index is -0.616. The second-order valence-electron chi connectivity index (χ2n) is 6.01. The molecule has 0 atom stereocenters. The number of aryl methyl sites for hydroxylation is 2. The molecular formula is C20H18FN3O3. The van der Waals surface area contributed by atoms with E-state index < -0.39 is 11.7 Å². The maximum absolute atomic E-state index is 13.8. The Morgan fingerprint density at radius 2 is 1.63 bits per heavy atom. The number of hydrogen-bond donors (Lipinski definition) is 2. The van der Waals surface area contributed by atoms with E-state index in [0.717, 1.165) is 5.56 Å². The second kappa shape index (κ2) is 7.82. The summed E-state index contributed by atoms with van der Waals surface area (Å²) in [7, 11) is 0. The summed E-state index contributed by atoms with van der Waals surface area (Å²) in [5.41, 5.74) is 2.09. The summed E-state index contributed by atoms with van der Waals surface area (Å²) in [6.45, 7) is 3.51. The van der Waals surface area contributed by atoms with Gasteiger partial charge in [-0.1, -0.05) is 29.4 Å². The van der Waals surface area contributed by atoms with Gasteiger partial charge in [0.05, 0.1) is 29.1 Å². The number of aromatic nitrogens is 1. The zero-order valence-electron chi connectivity index (χ0n) is 14.9. The molecule has 0 aliphatic rings. The van der Waals surface area contributed by atoms with Gasteiger partial charge in [-0.05, 0) is 38.1 Å². The van der Waals surface area contributed by atoms with Crippen LogP contribution in [0.3, 0.4) is 0 Å². The van der Waals surface area contributed by atoms with Gasteiger partial charge in [0.15, 0.2) is 0 Å². The number of nitrogens with one attached hydrogen (secondary N) is 2. The van der Waals surface area contributed by atoms with Crippen LogP contribution in [0.25, 0.3) is 0 Å². The van der Waals surface area contributed by atoms with Crippen molar-refractivity contribution in [1.29, 1.82) is 0 Å². The highest BCUT2D eigenvalue weighted by molar-refractivity contribution is 6.07. The van der Waals surface area contributed by atoms with Gasteiger partial charge in [-0.3, -0.25) is 9.59 Å². The Labute approximate surface area is 155 Å². The summed E-state index contributed by atoms with van der Waals surface area (Å²) >= 11 is 0. The fourth-order valence-corrected chi connectivity index (χ4v) is 2.65. The zero-order chi connectivity index (χ0) is 19.4. The van der Waals surface area contributed by atoms with Crippen LogP contribution in [-0.4, -0.2) is 17.0 Å². The number of amides is 2. The average molecular weight is 367 g/mol. The molecule has 0 saturated carbocycles. The summed E-state index contributed by atoms with van der Waals surface area (Å²) in [6.07, 6.45) is 0.0940. The van der Waals surface area contributed by atoms with E-state index in [1.807, 2.05) is 0 Å². The first-order chi connectivity index (χ1) is 13.0. The van der Waals surface area contributed by atoms with Crippen LogP contribution < -0.4 is 10.6 Å². The molecule has 6 nitrogen and oxygen atoms in total. The van der Waals surface area contributed by atoms with Crippen molar-refractivity contribution in [3.05, 3.63) is 76.9 Å². The molecule has 0 aliphatic heterocycles. The second-order valence-corrected chi connectivity index (χ2v) is 6.01. The van der Waals surface area contributed by atoms with E-state index in [1.54, 1.807) is 44.2 Å². The van der Waals surface area contributed by atoms with Crippen LogP contribution >= 0.6 is 0 Å². The summed E-state index contributed by atoms with van der Waals surface area (Å²) in [5.74, 6) is -0.906. The summed E-state index contributed by atoms with van der Waals surface area (Å²) in [4.78, 5) is 24.7. The largest absolute Gasteiger partial charge is 0.361 e. The maximum Gasteiger partial charge on any atom is 0.258 e. The molecule has 0 fully saturated rings. The highest BCUT2D eigenvalue weighted by atomic mass is 19.1. The molecule has 0 spiro atoms. The lowest BCUT2D eigenvalue weighted by atomic mass is 10.1. The van der Waals surface area contributed by atoms with Gasteiger partial charge >= 0.3 is 0 Å². The third-order valence-corrected chi connectivity index (χ3v) is 4.09. The Balaban J connectivity index is 1.75. The van der Waals surface area contributed by atoms with Crippen LogP contribution in [0, 0.1) is 19.7 Å². The fraction of sp³-hybridized carbons (Fsp3) is 0.150. The van der Waals surface area contributed by atoms with E-state index in [-0.39, 0.29) is 17.9 Å². The highest BCUT2D eigenvalue weighted by Gasteiger charge is 2.16. The molecule has 2 aromatic carbocycles. The molecule has 0 aliphatic carbocycles. The van der Waals surface area contributed by atoms with E-state index >= 15 is 0 Å². The Morgan fingerprint density at radius 1 is 1.00 bits per heavy atom. The van der Waals surface area contributed by atoms with Gasteiger partial charge in [-0.25, -0.2) is 4.39 Å². The Kier molecular flexibility index (Phi) is 5.30. The molecule has 2 amide bonds. The number of carbonyl (C=O) groups is 2. The van der Waals surface area contributed by atoms with Gasteiger partial charge in [-0.2, -0.15) is 0 Å². The van der Waals surface area contributed by atoms with E-state index in [2.05, 4.69) is 15.8 Å². The predicted molar refractivity (Wildman–Crippen MR) is 99.1 cm³/mol. The van der Waals surface area contributed by atoms with Crippen LogP contribution in [0.5, 0.6) is 0 Å². The molecule has 1 heterocycles. The number of benzene rings is 2. The smallest absolute Gasteiger partial charge is 0.258 e. The van der Waals surface area contributed by atoms with Crippen molar-refractivity contribution < 1.29 is 18.5 Å². The first kappa shape index (κ1) is 18.3. The molecule has 1 aromatic heterocycles. The predicted octanol–water partition coefficient (Wildman–Crippen LogP) is 3.86. The van der Waals surface area contributed by atoms with Crippen LogP contribution in [-0.2, 0) is 11.2 Å². The van der Waals surface area contributed by atoms with E-state index in [0.29, 0.717) is 22.8 Å². The standard InChI is InChI=1S/C20H18FN3O3/c1-12-15(13(2)27-24-12)11-19(25)22-17-9-5-6-10-18(17)23-20(26)14-7-3-4-8-16(14)21/h3-10H,11H2,1-2H3,(H,22,25)(H,23,26). The summed E-state index contributed by atoms with van der Waals surface area (Å²) < 4.78 is 18.9. The van der Waals surface area contributed by atoms with Gasteiger partial charge in [0.2, 0.25) is 5.91 Å². The monoisotopic (exact) mass is 367 g/mol. The number of para-hydroxylation sites is 2. The molecule has 138 valence electrons. The average Bonchev–Trinajstić information content (AvgIpc) is 2.95. The van der Waals surface area contributed by atoms with E-state index in [1.165, 1.54) is 18.2 Å². The molecular weight excluding hydrogens is 349 g/mol. The minimum absolute atomic E-state index is 0.0747. The summed E-state index contributed by atoms with van der Waals surface area (Å²) in [5, 5.41) is 9.22. The Hall–Kier alpha value is -3.48. The summed E-state index contributed by atoms with van der Waals surface area (Å²) in [6, 6.07) is 12.4. The molecule has 7 heteroatoms. The van der Waals surface area contributed by atoms with Crippen LogP contribution in [0.15, 0.2) is 53.1 Å². The van der Waals surface area contributed by atoms with Crippen molar-refractivity contribution in [2.75, 3.05) is 10.6 Å². The van der Waals surface area contributed by atoms with Crippen LogP contribution in [0.2, 0.25) is 0 Å². The quantitative estimate of drug-likeness (QED) is 0.717. The lowest BCUT2D eigenvalue weighted by Crippen LogP contribution is -2.19. The molecule has 3 aromatic rings. The van der Waals surface area contributed by atoms with Crippen molar-refractivity contribution >= 4 is 23.2 Å². The number of carbonyl (C=O) groups excluding carboxylic acids is 2. The van der Waals surface area contributed by atoms with Crippen molar-refractivity contribution in [1.82, 2.24) is 5.16 Å². The number of nitrogens with zero attached hydrogens (tertiary/aromatic N) is 1. The van der Waals surface area contributed by atoms with Crippen LogP contribution in [0.1, 0.15) is 27.4 Å². The van der Waals surface area contributed by atoms with Gasteiger partial charge in [-0.15, -0.1) is 0 Å². The molecule has 0 unspecified atom stereocenters. The van der Waals surface area contributed by atoms with E-state index in [9.17, 15) is 14.0 Å². The third kappa shape index (κ3) is 4.20. The topological polar surface area (TPSA) is 84.2 Å². The van der Waals surface area contributed by atoms with Gasteiger partial charge in [0, 0.05) is 5.56 Å². The fourth-order valence-electron chi connectivity index (χ4n) is 2.65. The Bertz CT molecular complexity index is 978. The zero-order valence-corrected chi connectivity index (χ0v) is 14.9. The highest BCUT2D eigenvalue weighted by Crippen LogP contribution is 2.23. The molecule has 0 bridgehead atoms. The normalized spacial score (nSPS) is 10.5. The molecule has 0 radical (unpaired) electrons. The van der Waals surface area contributed by atoms with Crippen LogP contribution in [0.4, 0.5) is 15.8 Å². The van der Waals surface area contributed by atoms with Gasteiger partial charge in [0.25, 0.3) is 5.91 Å². The number of anilines is 2. The number of halogens is 1. The van der Waals surface area contributed by atoms with Crippen molar-refractivity contribution in [3.63, 3.8) is 0 Å². The van der Waals surface area contributed by atoms with Crippen molar-refractivity contribution in [2.45, 2.75) is 20.3 Å². The minimum Gasteiger partial charge on any atom is -0.361 e.